The number of allylic oxidation sites excluding steroid dienone is 1. The number of alkyl halides is 3. The zero-order chi connectivity index (χ0) is 29.2. The molecule has 208 valence electrons. The first kappa shape index (κ1) is 28.6. The molecular formula is C31H32F3N5O. The van der Waals surface area contributed by atoms with Gasteiger partial charge < -0.3 is 15.5 Å². The molecule has 0 spiro atoms. The molecule has 1 fully saturated rings. The molecule has 0 radical (unpaired) electrons. The van der Waals surface area contributed by atoms with E-state index in [2.05, 4.69) is 28.8 Å². The topological polar surface area (TPSA) is 69.6 Å². The average Bonchev–Trinajstić information content (AvgIpc) is 3.69. The van der Waals surface area contributed by atoms with E-state index in [1.165, 1.54) is 12.1 Å². The molecule has 2 aromatic carbocycles. The number of aryl methyl sites for hydroxylation is 1. The van der Waals surface area contributed by atoms with Crippen LogP contribution in [0.25, 0.3) is 11.1 Å². The molecule has 6 nitrogen and oxygen atoms in total. The molecule has 1 aliphatic carbocycles. The first-order chi connectivity index (χ1) is 18.8. The molecule has 1 heterocycles. The monoisotopic (exact) mass is 547 g/mol. The minimum Gasteiger partial charge on any atom is -0.348 e. The van der Waals surface area contributed by atoms with Crippen molar-refractivity contribution in [2.45, 2.75) is 38.3 Å². The Hall–Kier alpha value is -4.40. The second kappa shape index (κ2) is 11.0. The van der Waals surface area contributed by atoms with Crippen molar-refractivity contribution in [3.05, 3.63) is 102 Å². The van der Waals surface area contributed by atoms with Gasteiger partial charge in [-0.15, -0.1) is 0 Å². The molecule has 40 heavy (non-hydrogen) atoms. The molecule has 1 saturated carbocycles. The van der Waals surface area contributed by atoms with Crippen LogP contribution < -0.4 is 10.6 Å². The normalized spacial score (nSPS) is 14.1. The van der Waals surface area contributed by atoms with Crippen LogP contribution in [0, 0.1) is 6.92 Å². The van der Waals surface area contributed by atoms with E-state index in [0.717, 1.165) is 53.1 Å². The largest absolute Gasteiger partial charge is 0.416 e. The van der Waals surface area contributed by atoms with Crippen LogP contribution in [-0.4, -0.2) is 36.1 Å². The number of carbonyl (C=O) groups excluding carboxylic acids is 1. The second-order valence-electron chi connectivity index (χ2n) is 10.2. The van der Waals surface area contributed by atoms with Crippen molar-refractivity contribution in [3.63, 3.8) is 0 Å². The Balaban J connectivity index is 1.61. The van der Waals surface area contributed by atoms with Gasteiger partial charge in [-0.1, -0.05) is 31.4 Å². The summed E-state index contributed by atoms with van der Waals surface area (Å²) in [6, 6.07) is 14.4. The standard InChI is InChI=1S/C31H32F3N5O/c1-19(2)35-18-27-20(3)36-28(30(14-15-30)29(40)39(5)6)17-26(27)22-10-12-24(13-11-22)37-21(4)38-25-9-7-8-23(16-25)31(32,33)34/h7-13,16-18,37-38H,1,4,14-15H2,2-3,5-6H3. The third-order valence-corrected chi connectivity index (χ3v) is 6.70. The number of anilines is 2. The van der Waals surface area contributed by atoms with Crippen LogP contribution in [0.4, 0.5) is 24.5 Å². The lowest BCUT2D eigenvalue weighted by atomic mass is 9.92. The van der Waals surface area contributed by atoms with Crippen LogP contribution in [0.5, 0.6) is 0 Å². The fraction of sp³-hybridized carbons (Fsp3) is 0.258. The predicted molar refractivity (Wildman–Crippen MR) is 154 cm³/mol. The number of aliphatic imine (C=N–C) groups is 1. The van der Waals surface area contributed by atoms with Gasteiger partial charge in [-0.25, -0.2) is 0 Å². The Morgan fingerprint density at radius 3 is 2.27 bits per heavy atom. The molecule has 1 aliphatic rings. The highest BCUT2D eigenvalue weighted by molar-refractivity contribution is 5.95. The molecule has 9 heteroatoms. The summed E-state index contributed by atoms with van der Waals surface area (Å²) >= 11 is 0. The summed E-state index contributed by atoms with van der Waals surface area (Å²) in [5.41, 5.74) is 4.38. The van der Waals surface area contributed by atoms with E-state index in [1.807, 2.05) is 44.2 Å². The highest BCUT2D eigenvalue weighted by atomic mass is 19.4. The fourth-order valence-electron chi connectivity index (χ4n) is 4.52. The van der Waals surface area contributed by atoms with Gasteiger partial charge in [-0.05, 0) is 74.2 Å². The molecule has 0 atom stereocenters. The Morgan fingerprint density at radius 1 is 1.05 bits per heavy atom. The van der Waals surface area contributed by atoms with Gasteiger partial charge in [-0.2, -0.15) is 13.2 Å². The second-order valence-corrected chi connectivity index (χ2v) is 10.2. The number of rotatable bonds is 9. The van der Waals surface area contributed by atoms with Gasteiger partial charge in [0.05, 0.1) is 16.7 Å². The highest BCUT2D eigenvalue weighted by Crippen LogP contribution is 2.49. The van der Waals surface area contributed by atoms with Crippen LogP contribution >= 0.6 is 0 Å². The van der Waals surface area contributed by atoms with Crippen molar-refractivity contribution >= 4 is 23.5 Å². The van der Waals surface area contributed by atoms with Gasteiger partial charge in [0.2, 0.25) is 5.91 Å². The third-order valence-electron chi connectivity index (χ3n) is 6.70. The predicted octanol–water partition coefficient (Wildman–Crippen LogP) is 7.14. The highest BCUT2D eigenvalue weighted by Gasteiger charge is 2.53. The molecule has 2 N–H and O–H groups in total. The third kappa shape index (κ3) is 6.25. The zero-order valence-electron chi connectivity index (χ0n) is 23.0. The van der Waals surface area contributed by atoms with Crippen LogP contribution in [0.15, 0.2) is 84.3 Å². The van der Waals surface area contributed by atoms with E-state index in [0.29, 0.717) is 17.2 Å². The minimum atomic E-state index is -4.43. The Labute approximate surface area is 232 Å². The molecular weight excluding hydrogens is 515 g/mol. The van der Waals surface area contributed by atoms with Crippen molar-refractivity contribution in [1.29, 1.82) is 0 Å². The number of pyridine rings is 1. The smallest absolute Gasteiger partial charge is 0.348 e. The van der Waals surface area contributed by atoms with E-state index in [-0.39, 0.29) is 11.6 Å². The average molecular weight is 548 g/mol. The molecule has 0 unspecified atom stereocenters. The maximum absolute atomic E-state index is 13.0. The summed E-state index contributed by atoms with van der Waals surface area (Å²) in [6.45, 7) is 11.5. The van der Waals surface area contributed by atoms with E-state index in [1.54, 1.807) is 25.2 Å². The quantitative estimate of drug-likeness (QED) is 0.279. The molecule has 0 aliphatic heterocycles. The molecule has 0 saturated heterocycles. The van der Waals surface area contributed by atoms with Crippen molar-refractivity contribution in [2.24, 2.45) is 4.99 Å². The van der Waals surface area contributed by atoms with Crippen LogP contribution in [0.2, 0.25) is 0 Å². The lowest BCUT2D eigenvalue weighted by molar-refractivity contribution is -0.137. The van der Waals surface area contributed by atoms with Gasteiger partial charge >= 0.3 is 6.18 Å². The van der Waals surface area contributed by atoms with Crippen LogP contribution in [0.1, 0.15) is 42.3 Å². The minimum absolute atomic E-state index is 0.0417. The summed E-state index contributed by atoms with van der Waals surface area (Å²) in [4.78, 5) is 23.8. The summed E-state index contributed by atoms with van der Waals surface area (Å²) in [7, 11) is 3.51. The van der Waals surface area contributed by atoms with Gasteiger partial charge in [0.1, 0.15) is 5.82 Å². The molecule has 1 aromatic heterocycles. The maximum atomic E-state index is 13.0. The van der Waals surface area contributed by atoms with Crippen molar-refractivity contribution in [2.75, 3.05) is 24.7 Å². The van der Waals surface area contributed by atoms with E-state index in [9.17, 15) is 18.0 Å². The van der Waals surface area contributed by atoms with Crippen molar-refractivity contribution in [1.82, 2.24) is 9.88 Å². The molecule has 4 rings (SSSR count). The number of nitrogens with one attached hydrogen (secondary N) is 2. The zero-order valence-corrected chi connectivity index (χ0v) is 23.0. The first-order valence-electron chi connectivity index (χ1n) is 12.7. The molecule has 1 amide bonds. The van der Waals surface area contributed by atoms with Crippen LogP contribution in [0.3, 0.4) is 0 Å². The van der Waals surface area contributed by atoms with Gasteiger partial charge in [0.25, 0.3) is 0 Å². The summed E-state index contributed by atoms with van der Waals surface area (Å²) in [5.74, 6) is 0.362. The number of benzene rings is 2. The Morgan fingerprint density at radius 2 is 1.70 bits per heavy atom. The number of carbonyl (C=O) groups is 1. The van der Waals surface area contributed by atoms with Gasteiger partial charge in [-0.3, -0.25) is 14.8 Å². The lowest BCUT2D eigenvalue weighted by Crippen LogP contribution is -2.34. The van der Waals surface area contributed by atoms with Crippen LogP contribution in [-0.2, 0) is 16.4 Å². The number of aromatic nitrogens is 1. The maximum Gasteiger partial charge on any atom is 0.416 e. The number of likely N-dealkylation sites (N-methyl/N-ethyl adjacent to an activating group) is 1. The first-order valence-corrected chi connectivity index (χ1v) is 12.7. The Kier molecular flexibility index (Phi) is 7.86. The summed E-state index contributed by atoms with van der Waals surface area (Å²) in [6.07, 6.45) is -1.19. The number of hydrogen-bond donors (Lipinski definition) is 2. The number of hydrogen-bond acceptors (Lipinski definition) is 5. The van der Waals surface area contributed by atoms with E-state index >= 15 is 0 Å². The van der Waals surface area contributed by atoms with Gasteiger partial charge in [0.15, 0.2) is 0 Å². The lowest BCUT2D eigenvalue weighted by Gasteiger charge is -2.21. The molecule has 3 aromatic rings. The van der Waals surface area contributed by atoms with Gasteiger partial charge in [0, 0.05) is 48.6 Å². The number of amides is 1. The number of nitrogens with zero attached hydrogens (tertiary/aromatic N) is 3. The Bertz CT molecular complexity index is 1490. The van der Waals surface area contributed by atoms with Crippen molar-refractivity contribution in [3.8, 4) is 11.1 Å². The number of halogens is 3. The SMILES string of the molecule is C=C(C)N=Cc1c(-c2ccc(NC(=C)Nc3cccc(C(F)(F)F)c3)cc2)cc(C2(C(=O)N(C)C)CC2)nc1C. The van der Waals surface area contributed by atoms with E-state index in [4.69, 9.17) is 4.98 Å². The van der Waals surface area contributed by atoms with Crippen molar-refractivity contribution < 1.29 is 18.0 Å². The summed E-state index contributed by atoms with van der Waals surface area (Å²) in [5, 5.41) is 5.95. The molecule has 0 bridgehead atoms. The van der Waals surface area contributed by atoms with E-state index < -0.39 is 17.2 Å². The fourth-order valence-corrected chi connectivity index (χ4v) is 4.52. The summed E-state index contributed by atoms with van der Waals surface area (Å²) < 4.78 is 39.1.